The molecule has 0 saturated carbocycles. The van der Waals surface area contributed by atoms with Gasteiger partial charge in [0.05, 0.1) is 11.4 Å². The maximum atomic E-state index is 5.49. The second-order valence-corrected chi connectivity index (χ2v) is 12.6. The largest absolute Gasteiger partial charge is 0.228 e. The lowest BCUT2D eigenvalue weighted by molar-refractivity contribution is 0.660. The van der Waals surface area contributed by atoms with Gasteiger partial charge in [-0.3, -0.25) is 0 Å². The Morgan fingerprint density at radius 3 is 1.96 bits per heavy atom. The lowest BCUT2D eigenvalue weighted by Gasteiger charge is -2.21. The van der Waals surface area contributed by atoms with Gasteiger partial charge in [0.1, 0.15) is 0 Å². The fourth-order valence-corrected chi connectivity index (χ4v) is 7.49. The Balaban J connectivity index is 1.42. The van der Waals surface area contributed by atoms with Crippen LogP contribution in [0.1, 0.15) is 25.0 Å². The van der Waals surface area contributed by atoms with Crippen LogP contribution in [0.4, 0.5) is 0 Å². The minimum absolute atomic E-state index is 0.0925. The minimum Gasteiger partial charge on any atom is -0.228 e. The monoisotopic (exact) mass is 574 g/mol. The van der Waals surface area contributed by atoms with Crippen molar-refractivity contribution in [3.05, 3.63) is 157 Å². The summed E-state index contributed by atoms with van der Waals surface area (Å²) in [4.78, 5) is 10.9. The molecule has 1 heterocycles. The number of hydrogen-bond acceptors (Lipinski definition) is 2. The molecule has 0 aliphatic heterocycles. The van der Waals surface area contributed by atoms with Gasteiger partial charge in [0, 0.05) is 27.5 Å². The maximum Gasteiger partial charge on any atom is 0.161 e. The van der Waals surface area contributed by atoms with Crippen LogP contribution >= 0.6 is 0 Å². The highest BCUT2D eigenvalue weighted by atomic mass is 14.9. The van der Waals surface area contributed by atoms with Gasteiger partial charge >= 0.3 is 0 Å². The molecule has 0 radical (unpaired) electrons. The Hall–Kier alpha value is -5.60. The van der Waals surface area contributed by atoms with Gasteiger partial charge in [0.15, 0.2) is 5.82 Å². The fourth-order valence-electron chi connectivity index (χ4n) is 7.49. The molecular formula is C43H30N2. The van der Waals surface area contributed by atoms with Crippen molar-refractivity contribution in [3.63, 3.8) is 0 Å². The number of aromatic nitrogens is 2. The molecule has 1 aliphatic carbocycles. The molecule has 9 rings (SSSR count). The van der Waals surface area contributed by atoms with Crippen molar-refractivity contribution in [1.82, 2.24) is 9.97 Å². The zero-order valence-electron chi connectivity index (χ0n) is 25.3. The molecule has 1 aromatic heterocycles. The van der Waals surface area contributed by atoms with Crippen LogP contribution in [0.15, 0.2) is 146 Å². The Kier molecular flexibility index (Phi) is 5.58. The quantitative estimate of drug-likeness (QED) is 0.155. The summed E-state index contributed by atoms with van der Waals surface area (Å²) in [6, 6.07) is 52.2. The van der Waals surface area contributed by atoms with Gasteiger partial charge in [-0.2, -0.15) is 0 Å². The van der Waals surface area contributed by atoms with Crippen molar-refractivity contribution in [1.29, 1.82) is 0 Å². The molecule has 0 saturated heterocycles. The molecule has 45 heavy (non-hydrogen) atoms. The molecule has 0 N–H and O–H groups in total. The molecule has 0 spiro atoms. The molecule has 7 aromatic carbocycles. The van der Waals surface area contributed by atoms with Gasteiger partial charge in [-0.15, -0.1) is 0 Å². The summed E-state index contributed by atoms with van der Waals surface area (Å²) < 4.78 is 0. The fraction of sp³-hybridized carbons (Fsp3) is 0.0698. The second-order valence-electron chi connectivity index (χ2n) is 12.6. The van der Waals surface area contributed by atoms with Gasteiger partial charge in [-0.25, -0.2) is 9.97 Å². The number of benzene rings is 7. The summed E-state index contributed by atoms with van der Waals surface area (Å²) in [5, 5.41) is 7.13. The van der Waals surface area contributed by atoms with E-state index >= 15 is 0 Å². The lowest BCUT2D eigenvalue weighted by Crippen LogP contribution is -2.14. The van der Waals surface area contributed by atoms with Crippen molar-refractivity contribution in [2.45, 2.75) is 19.3 Å². The van der Waals surface area contributed by atoms with Crippen LogP contribution in [0.25, 0.3) is 77.3 Å². The third-order valence-corrected chi connectivity index (χ3v) is 9.66. The number of nitrogens with zero attached hydrogens (tertiary/aromatic N) is 2. The molecule has 0 unspecified atom stereocenters. The van der Waals surface area contributed by atoms with Crippen LogP contribution in [0.5, 0.6) is 0 Å². The first-order valence-electron chi connectivity index (χ1n) is 15.6. The summed E-state index contributed by atoms with van der Waals surface area (Å²) in [7, 11) is 0. The van der Waals surface area contributed by atoms with E-state index in [0.29, 0.717) is 0 Å². The molecule has 0 atom stereocenters. The minimum atomic E-state index is -0.0925. The van der Waals surface area contributed by atoms with Gasteiger partial charge in [-0.1, -0.05) is 147 Å². The molecule has 0 amide bonds. The van der Waals surface area contributed by atoms with E-state index < -0.39 is 0 Å². The first-order valence-corrected chi connectivity index (χ1v) is 15.6. The van der Waals surface area contributed by atoms with E-state index in [0.717, 1.165) is 39.3 Å². The Morgan fingerprint density at radius 2 is 1.09 bits per heavy atom. The standard InChI is InChI=1S/C43H30N2/c1-43(2)35-21-11-10-19-33(35)40-34(20-12-22-36(40)43)38-26-37(28-14-4-3-5-15-28)44-42(45-38)41-32-18-9-7-16-29(32)25-30-24-23-27-13-6-8-17-31(27)39(30)41/h3-26H,1-2H3. The van der Waals surface area contributed by atoms with E-state index in [1.165, 1.54) is 49.2 Å². The highest BCUT2D eigenvalue weighted by Crippen LogP contribution is 2.52. The summed E-state index contributed by atoms with van der Waals surface area (Å²) in [5.41, 5.74) is 10.3. The maximum absolute atomic E-state index is 5.49. The van der Waals surface area contributed by atoms with Gasteiger partial charge in [-0.05, 0) is 61.3 Å². The van der Waals surface area contributed by atoms with E-state index in [1.54, 1.807) is 0 Å². The van der Waals surface area contributed by atoms with Crippen LogP contribution in [0.3, 0.4) is 0 Å². The summed E-state index contributed by atoms with van der Waals surface area (Å²) in [6.07, 6.45) is 0. The van der Waals surface area contributed by atoms with Gasteiger partial charge < -0.3 is 0 Å². The molecule has 2 nitrogen and oxygen atoms in total. The smallest absolute Gasteiger partial charge is 0.161 e. The van der Waals surface area contributed by atoms with Crippen LogP contribution in [0, 0.1) is 0 Å². The SMILES string of the molecule is CC1(C)c2ccccc2-c2c(-c3cc(-c4ccccc4)nc(-c4c5ccccc5cc5ccc6ccccc6c45)n3)cccc21. The average Bonchev–Trinajstić information content (AvgIpc) is 3.33. The second kappa shape index (κ2) is 9.70. The third-order valence-electron chi connectivity index (χ3n) is 9.66. The van der Waals surface area contributed by atoms with Gasteiger partial charge in [0.2, 0.25) is 0 Å². The Bertz CT molecular complexity index is 2450. The van der Waals surface area contributed by atoms with Crippen molar-refractivity contribution < 1.29 is 0 Å². The van der Waals surface area contributed by atoms with E-state index in [9.17, 15) is 0 Å². The molecule has 1 aliphatic rings. The van der Waals surface area contributed by atoms with Crippen molar-refractivity contribution in [3.8, 4) is 45.0 Å². The topological polar surface area (TPSA) is 25.8 Å². The molecular weight excluding hydrogens is 544 g/mol. The van der Waals surface area contributed by atoms with Crippen molar-refractivity contribution >= 4 is 32.3 Å². The number of hydrogen-bond donors (Lipinski definition) is 0. The summed E-state index contributed by atoms with van der Waals surface area (Å²) in [6.45, 7) is 4.66. The predicted octanol–water partition coefficient (Wildman–Crippen LogP) is 11.2. The Labute approximate surface area is 262 Å². The van der Waals surface area contributed by atoms with E-state index in [1.807, 2.05) is 0 Å². The molecule has 0 bridgehead atoms. The van der Waals surface area contributed by atoms with Crippen molar-refractivity contribution in [2.75, 3.05) is 0 Å². The van der Waals surface area contributed by atoms with Crippen LogP contribution in [-0.2, 0) is 5.41 Å². The summed E-state index contributed by atoms with van der Waals surface area (Å²) >= 11 is 0. The molecule has 2 heteroatoms. The normalized spacial score (nSPS) is 13.3. The van der Waals surface area contributed by atoms with Crippen LogP contribution < -0.4 is 0 Å². The molecule has 0 fully saturated rings. The van der Waals surface area contributed by atoms with Gasteiger partial charge in [0.25, 0.3) is 0 Å². The van der Waals surface area contributed by atoms with E-state index in [4.69, 9.17) is 9.97 Å². The number of rotatable bonds is 3. The van der Waals surface area contributed by atoms with Crippen LogP contribution in [0.2, 0.25) is 0 Å². The lowest BCUT2D eigenvalue weighted by atomic mass is 9.82. The first-order chi connectivity index (χ1) is 22.1. The average molecular weight is 575 g/mol. The highest BCUT2D eigenvalue weighted by molar-refractivity contribution is 6.21. The summed E-state index contributed by atoms with van der Waals surface area (Å²) in [5.74, 6) is 0.743. The van der Waals surface area contributed by atoms with Crippen LogP contribution in [-0.4, -0.2) is 9.97 Å². The predicted molar refractivity (Wildman–Crippen MR) is 188 cm³/mol. The zero-order chi connectivity index (χ0) is 30.1. The van der Waals surface area contributed by atoms with E-state index in [-0.39, 0.29) is 5.41 Å². The molecule has 8 aromatic rings. The highest BCUT2D eigenvalue weighted by Gasteiger charge is 2.36. The number of fused-ring (bicyclic) bond motifs is 7. The third kappa shape index (κ3) is 3.89. The van der Waals surface area contributed by atoms with E-state index in [2.05, 4.69) is 159 Å². The van der Waals surface area contributed by atoms with Crippen molar-refractivity contribution in [2.24, 2.45) is 0 Å². The Morgan fingerprint density at radius 1 is 0.444 bits per heavy atom. The first kappa shape index (κ1) is 25.9. The zero-order valence-corrected chi connectivity index (χ0v) is 25.3. The molecule has 212 valence electrons.